The Kier molecular flexibility index (Phi) is 3.76. The van der Waals surface area contributed by atoms with Crippen molar-refractivity contribution in [3.8, 4) is 0 Å². The van der Waals surface area contributed by atoms with Gasteiger partial charge in [-0.3, -0.25) is 4.79 Å². The number of hydrogen-bond donors (Lipinski definition) is 0. The maximum Gasteiger partial charge on any atom is 0.337 e. The second-order valence-electron chi connectivity index (χ2n) is 4.24. The van der Waals surface area contributed by atoms with Crippen LogP contribution in [-0.2, 0) is 4.74 Å². The highest BCUT2D eigenvalue weighted by Gasteiger charge is 2.09. The number of benzene rings is 2. The van der Waals surface area contributed by atoms with Crippen LogP contribution in [0, 0.1) is 6.92 Å². The van der Waals surface area contributed by atoms with E-state index in [4.69, 9.17) is 0 Å². The smallest absolute Gasteiger partial charge is 0.337 e. The molecule has 0 N–H and O–H groups in total. The second kappa shape index (κ2) is 5.48. The van der Waals surface area contributed by atoms with Crippen molar-refractivity contribution in [1.82, 2.24) is 0 Å². The molecule has 3 rings (SSSR count). The summed E-state index contributed by atoms with van der Waals surface area (Å²) in [4.78, 5) is 21.5. The molecule has 3 nitrogen and oxygen atoms in total. The normalized spacial score (nSPS) is 10.0. The van der Waals surface area contributed by atoms with E-state index in [0.29, 0.717) is 5.56 Å². The molecule has 0 spiro atoms. The van der Waals surface area contributed by atoms with Crippen molar-refractivity contribution in [3.05, 3.63) is 69.9 Å². The summed E-state index contributed by atoms with van der Waals surface area (Å²) in [6, 6.07) is 14.6. The van der Waals surface area contributed by atoms with Gasteiger partial charge in [0.05, 0.1) is 12.7 Å². The number of methoxy groups -OCH3 is 1. The zero-order valence-corrected chi connectivity index (χ0v) is 10.8. The molecule has 0 aromatic heterocycles. The molecule has 0 heterocycles. The summed E-state index contributed by atoms with van der Waals surface area (Å²) in [5.74, 6) is -0.291. The average Bonchev–Trinajstić information content (AvgIpc) is 3.09. The number of aryl methyl sites for hydroxylation is 1. The summed E-state index contributed by atoms with van der Waals surface area (Å²) >= 11 is 0. The van der Waals surface area contributed by atoms with Gasteiger partial charge >= 0.3 is 5.97 Å². The summed E-state index contributed by atoms with van der Waals surface area (Å²) in [7, 11) is 1.37. The Labute approximate surface area is 111 Å². The fourth-order valence-corrected chi connectivity index (χ4v) is 1.69. The number of carbonyl (C=O) groups excluding carboxylic acids is 1. The molecule has 0 aliphatic heterocycles. The Morgan fingerprint density at radius 3 is 2.21 bits per heavy atom. The molecule has 3 heteroatoms. The van der Waals surface area contributed by atoms with Gasteiger partial charge in [0.1, 0.15) is 0 Å². The van der Waals surface area contributed by atoms with Crippen LogP contribution in [0.3, 0.4) is 0 Å². The monoisotopic (exact) mass is 254 g/mol. The number of esters is 1. The van der Waals surface area contributed by atoms with Crippen LogP contribution in [0.2, 0.25) is 0 Å². The lowest BCUT2D eigenvalue weighted by atomic mass is 10.2. The van der Waals surface area contributed by atoms with E-state index < -0.39 is 0 Å². The molecule has 3 aromatic rings. The molecule has 0 fully saturated rings. The van der Waals surface area contributed by atoms with Crippen molar-refractivity contribution in [1.29, 1.82) is 0 Å². The molecule has 0 atom stereocenters. The van der Waals surface area contributed by atoms with E-state index in [1.807, 2.05) is 31.2 Å². The fraction of sp³-hybridized carbons (Fsp3) is 0.125. The molecule has 0 unspecified atom stereocenters. The van der Waals surface area contributed by atoms with Crippen LogP contribution < -0.4 is 5.43 Å². The Bertz CT molecular complexity index is 704. The van der Waals surface area contributed by atoms with Crippen LogP contribution in [0.15, 0.2) is 53.3 Å². The van der Waals surface area contributed by atoms with Gasteiger partial charge in [0.25, 0.3) is 0 Å². The van der Waals surface area contributed by atoms with Crippen LogP contribution in [0.5, 0.6) is 0 Å². The maximum absolute atomic E-state index is 10.8. The Balaban J connectivity index is 0.000000141. The van der Waals surface area contributed by atoms with E-state index in [0.717, 1.165) is 10.8 Å². The van der Waals surface area contributed by atoms with Crippen molar-refractivity contribution < 1.29 is 9.53 Å². The molecule has 0 amide bonds. The van der Waals surface area contributed by atoms with E-state index >= 15 is 0 Å². The van der Waals surface area contributed by atoms with Crippen LogP contribution in [-0.4, -0.2) is 13.1 Å². The zero-order chi connectivity index (χ0) is 13.8. The van der Waals surface area contributed by atoms with Gasteiger partial charge in [0.2, 0.25) is 0 Å². The molecule has 0 saturated heterocycles. The Morgan fingerprint density at radius 2 is 1.68 bits per heavy atom. The molecule has 0 bridgehead atoms. The van der Waals surface area contributed by atoms with E-state index in [1.165, 1.54) is 12.7 Å². The second-order valence-corrected chi connectivity index (χ2v) is 4.24. The molecule has 3 aromatic carbocycles. The molecule has 0 aliphatic rings. The third-order valence-electron chi connectivity index (χ3n) is 2.80. The highest BCUT2D eigenvalue weighted by atomic mass is 16.5. The molecular weight excluding hydrogens is 240 g/mol. The molecule has 19 heavy (non-hydrogen) atoms. The molecule has 0 saturated carbocycles. The first kappa shape index (κ1) is 13.0. The lowest BCUT2D eigenvalue weighted by Crippen LogP contribution is -1.99. The Morgan fingerprint density at radius 1 is 1.00 bits per heavy atom. The SMILES string of the molecule is COC(=O)c1ccccc1.Cc1ccc2c(=O)c2c1. The number of rotatable bonds is 1. The number of ether oxygens (including phenoxy) is 1. The lowest BCUT2D eigenvalue weighted by molar-refractivity contribution is 0.0601. The standard InChI is InChI=1S/C8H8O2.C8H6O/c1-10-8(9)7-5-3-2-4-6-7;1-5-2-3-6-7(4-5)8(6)9/h2-6H,1H3;2-4H,1H3. The van der Waals surface area contributed by atoms with E-state index in [-0.39, 0.29) is 11.4 Å². The van der Waals surface area contributed by atoms with Gasteiger partial charge in [-0.05, 0) is 25.1 Å². The van der Waals surface area contributed by atoms with Crippen LogP contribution in [0.25, 0.3) is 10.8 Å². The summed E-state index contributed by atoms with van der Waals surface area (Å²) < 4.78 is 4.50. The van der Waals surface area contributed by atoms with E-state index in [2.05, 4.69) is 4.74 Å². The first-order valence-electron chi connectivity index (χ1n) is 5.92. The van der Waals surface area contributed by atoms with Gasteiger partial charge in [-0.15, -0.1) is 0 Å². The van der Waals surface area contributed by atoms with Gasteiger partial charge in [-0.2, -0.15) is 0 Å². The minimum absolute atomic E-state index is 0.225. The van der Waals surface area contributed by atoms with Crippen LogP contribution in [0.4, 0.5) is 0 Å². The highest BCUT2D eigenvalue weighted by molar-refractivity contribution is 5.97. The van der Waals surface area contributed by atoms with Gasteiger partial charge < -0.3 is 4.74 Å². The fourth-order valence-electron chi connectivity index (χ4n) is 1.69. The zero-order valence-electron chi connectivity index (χ0n) is 10.8. The highest BCUT2D eigenvalue weighted by Crippen LogP contribution is 2.14. The average molecular weight is 254 g/mol. The Hall–Kier alpha value is -2.42. The van der Waals surface area contributed by atoms with Crippen LogP contribution in [0.1, 0.15) is 15.9 Å². The van der Waals surface area contributed by atoms with Crippen molar-refractivity contribution in [2.24, 2.45) is 0 Å². The van der Waals surface area contributed by atoms with Gasteiger partial charge in [-0.25, -0.2) is 4.79 Å². The first-order valence-corrected chi connectivity index (χ1v) is 5.92. The minimum atomic E-state index is -0.291. The van der Waals surface area contributed by atoms with Gasteiger partial charge in [0.15, 0.2) is 5.43 Å². The predicted molar refractivity (Wildman–Crippen MR) is 75.1 cm³/mol. The summed E-state index contributed by atoms with van der Waals surface area (Å²) in [5.41, 5.74) is 1.98. The van der Waals surface area contributed by atoms with Crippen molar-refractivity contribution >= 4 is 16.7 Å². The quantitative estimate of drug-likeness (QED) is 0.627. The summed E-state index contributed by atoms with van der Waals surface area (Å²) in [5, 5.41) is 1.82. The third kappa shape index (κ3) is 3.07. The third-order valence-corrected chi connectivity index (χ3v) is 2.80. The minimum Gasteiger partial charge on any atom is -0.465 e. The topological polar surface area (TPSA) is 43.4 Å². The first-order chi connectivity index (χ1) is 9.13. The summed E-state index contributed by atoms with van der Waals surface area (Å²) in [6.45, 7) is 1.99. The molecule has 96 valence electrons. The molecule has 0 aliphatic carbocycles. The lowest BCUT2D eigenvalue weighted by Gasteiger charge is -1.95. The molecule has 0 radical (unpaired) electrons. The predicted octanol–water partition coefficient (Wildman–Crippen LogP) is 2.86. The number of carbonyl (C=O) groups is 1. The van der Waals surface area contributed by atoms with Crippen molar-refractivity contribution in [2.75, 3.05) is 7.11 Å². The maximum atomic E-state index is 10.8. The largest absolute Gasteiger partial charge is 0.465 e. The van der Waals surface area contributed by atoms with Gasteiger partial charge in [-0.1, -0.05) is 35.9 Å². The van der Waals surface area contributed by atoms with Crippen molar-refractivity contribution in [2.45, 2.75) is 6.92 Å². The number of hydrogen-bond acceptors (Lipinski definition) is 3. The van der Waals surface area contributed by atoms with E-state index in [9.17, 15) is 9.59 Å². The summed E-state index contributed by atoms with van der Waals surface area (Å²) in [6.07, 6.45) is 0. The molecular formula is C16H14O3. The van der Waals surface area contributed by atoms with E-state index in [1.54, 1.807) is 24.3 Å². The van der Waals surface area contributed by atoms with Gasteiger partial charge in [0, 0.05) is 10.8 Å². The number of fused-ring (bicyclic) bond motifs is 1. The van der Waals surface area contributed by atoms with Crippen LogP contribution >= 0.6 is 0 Å². The van der Waals surface area contributed by atoms with Crippen molar-refractivity contribution in [3.63, 3.8) is 0 Å².